The summed E-state index contributed by atoms with van der Waals surface area (Å²) in [7, 11) is 0. The monoisotopic (exact) mass is 553 g/mol. The number of benzene rings is 2. The van der Waals surface area contributed by atoms with E-state index in [0.29, 0.717) is 11.5 Å². The van der Waals surface area contributed by atoms with Gasteiger partial charge in [0.15, 0.2) is 0 Å². The highest BCUT2D eigenvalue weighted by atomic mass is 16.4. The van der Waals surface area contributed by atoms with Gasteiger partial charge in [-0.15, -0.1) is 0 Å². The number of rotatable bonds is 6. The highest BCUT2D eigenvalue weighted by Gasteiger charge is 2.32. The lowest BCUT2D eigenvalue weighted by Crippen LogP contribution is -2.42. The van der Waals surface area contributed by atoms with Crippen molar-refractivity contribution in [3.8, 4) is 11.3 Å². The molecule has 4 aliphatic rings. The van der Waals surface area contributed by atoms with Gasteiger partial charge in [-0.05, 0) is 99.6 Å². The maximum Gasteiger partial charge on any atom is 0.335 e. The molecule has 0 bridgehead atoms. The number of piperidine rings is 1. The largest absolute Gasteiger partial charge is 0.478 e. The smallest absolute Gasteiger partial charge is 0.335 e. The minimum Gasteiger partial charge on any atom is -0.478 e. The van der Waals surface area contributed by atoms with Crippen LogP contribution in [0.2, 0.25) is 0 Å². The summed E-state index contributed by atoms with van der Waals surface area (Å²) >= 11 is 0. The summed E-state index contributed by atoms with van der Waals surface area (Å²) in [5, 5.41) is 11.1. The normalized spacial score (nSPS) is 22.6. The van der Waals surface area contributed by atoms with Gasteiger partial charge in [0.25, 0.3) is 0 Å². The molecule has 41 heavy (non-hydrogen) atoms. The molecule has 2 aliphatic carbocycles. The van der Waals surface area contributed by atoms with Crippen LogP contribution >= 0.6 is 0 Å². The number of aromatic carboxylic acids is 1. The van der Waals surface area contributed by atoms with Gasteiger partial charge < -0.3 is 19.5 Å². The van der Waals surface area contributed by atoms with E-state index in [2.05, 4.69) is 45.6 Å². The van der Waals surface area contributed by atoms with E-state index >= 15 is 0 Å². The zero-order valence-electron chi connectivity index (χ0n) is 24.9. The van der Waals surface area contributed by atoms with Crippen LogP contribution in [0.25, 0.3) is 22.2 Å². The van der Waals surface area contributed by atoms with Gasteiger partial charge in [0.1, 0.15) is 0 Å². The Hall–Kier alpha value is -2.79. The molecule has 1 saturated heterocycles. The lowest BCUT2D eigenvalue weighted by atomic mass is 9.81. The number of hydrogen-bond donors (Lipinski definition) is 1. The summed E-state index contributed by atoms with van der Waals surface area (Å²) in [5.41, 5.74) is 8.37. The van der Waals surface area contributed by atoms with E-state index in [4.69, 9.17) is 0 Å². The molecule has 1 N–H and O–H groups in total. The second-order valence-corrected chi connectivity index (χ2v) is 13.5. The van der Waals surface area contributed by atoms with Crippen molar-refractivity contribution in [2.24, 2.45) is 5.92 Å². The molecule has 1 atom stereocenters. The molecule has 2 saturated carbocycles. The Labute approximate surface area is 245 Å². The number of carboxylic acid groups (broad SMARTS) is 1. The Balaban J connectivity index is 1.24. The molecule has 5 heteroatoms. The zero-order chi connectivity index (χ0) is 27.9. The van der Waals surface area contributed by atoms with Gasteiger partial charge in [0.2, 0.25) is 0 Å². The number of carboxylic acids is 1. The van der Waals surface area contributed by atoms with Crippen LogP contribution in [0.3, 0.4) is 0 Å². The zero-order valence-corrected chi connectivity index (χ0v) is 24.9. The number of hydrogen-bond acceptors (Lipinski definition) is 3. The van der Waals surface area contributed by atoms with Crippen LogP contribution in [0, 0.1) is 12.8 Å². The fourth-order valence-corrected chi connectivity index (χ4v) is 8.79. The second kappa shape index (κ2) is 11.5. The first-order chi connectivity index (χ1) is 20.1. The van der Waals surface area contributed by atoms with Crippen LogP contribution in [0.15, 0.2) is 36.4 Å². The molecule has 2 aromatic carbocycles. The van der Waals surface area contributed by atoms with Crippen molar-refractivity contribution >= 4 is 22.6 Å². The molecule has 3 fully saturated rings. The number of fused-ring (bicyclic) bond motifs is 5. The highest BCUT2D eigenvalue weighted by Crippen LogP contribution is 2.47. The van der Waals surface area contributed by atoms with Crippen molar-refractivity contribution in [1.82, 2.24) is 9.47 Å². The third kappa shape index (κ3) is 5.20. The van der Waals surface area contributed by atoms with Crippen molar-refractivity contribution in [3.63, 3.8) is 0 Å². The van der Waals surface area contributed by atoms with Crippen LogP contribution in [-0.4, -0.2) is 52.8 Å². The SMILES string of the molecule is Cc1ccc2c(c1)N(CCC1CCCN(C3CCCC3)C1)CCn1c-2c(C2CCCCC2)c2ccc(C(=O)O)cc21. The molecule has 1 aromatic heterocycles. The average molecular weight is 554 g/mol. The van der Waals surface area contributed by atoms with Crippen molar-refractivity contribution in [2.45, 2.75) is 102 Å². The number of nitrogens with zero attached hydrogens (tertiary/aromatic N) is 3. The molecule has 2 aliphatic heterocycles. The van der Waals surface area contributed by atoms with E-state index in [1.165, 1.54) is 124 Å². The number of anilines is 1. The first kappa shape index (κ1) is 27.1. The molecule has 0 amide bonds. The molecule has 3 heterocycles. The Bertz CT molecular complexity index is 1410. The van der Waals surface area contributed by atoms with Crippen LogP contribution in [-0.2, 0) is 6.54 Å². The third-order valence-corrected chi connectivity index (χ3v) is 10.9. The number of aryl methyl sites for hydroxylation is 1. The quantitative estimate of drug-likeness (QED) is 0.334. The first-order valence-corrected chi connectivity index (χ1v) is 16.6. The van der Waals surface area contributed by atoms with E-state index in [1.807, 2.05) is 12.1 Å². The molecule has 218 valence electrons. The third-order valence-electron chi connectivity index (χ3n) is 10.9. The minimum atomic E-state index is -0.841. The molecule has 0 spiro atoms. The van der Waals surface area contributed by atoms with E-state index in [0.717, 1.165) is 37.1 Å². The van der Waals surface area contributed by atoms with E-state index < -0.39 is 5.97 Å². The van der Waals surface area contributed by atoms with E-state index in [-0.39, 0.29) is 0 Å². The number of aromatic nitrogens is 1. The van der Waals surface area contributed by atoms with Crippen LogP contribution in [0.4, 0.5) is 5.69 Å². The van der Waals surface area contributed by atoms with Gasteiger partial charge in [0.05, 0.1) is 11.3 Å². The van der Waals surface area contributed by atoms with Crippen molar-refractivity contribution < 1.29 is 9.90 Å². The molecule has 3 aromatic rings. The Morgan fingerprint density at radius 2 is 1.68 bits per heavy atom. The van der Waals surface area contributed by atoms with Gasteiger partial charge >= 0.3 is 5.97 Å². The molecule has 0 radical (unpaired) electrons. The Morgan fingerprint density at radius 3 is 2.49 bits per heavy atom. The summed E-state index contributed by atoms with van der Waals surface area (Å²) in [6, 6.07) is 13.8. The minimum absolute atomic E-state index is 0.391. The summed E-state index contributed by atoms with van der Waals surface area (Å²) in [6.45, 7) is 7.77. The molecular weight excluding hydrogens is 506 g/mol. The summed E-state index contributed by atoms with van der Waals surface area (Å²) in [5.74, 6) is 0.492. The van der Waals surface area contributed by atoms with Crippen LogP contribution < -0.4 is 4.90 Å². The lowest BCUT2D eigenvalue weighted by Gasteiger charge is -2.38. The molecular formula is C36H47N3O2. The molecule has 7 rings (SSSR count). The predicted molar refractivity (Wildman–Crippen MR) is 168 cm³/mol. The van der Waals surface area contributed by atoms with Gasteiger partial charge in [-0.3, -0.25) is 0 Å². The fourth-order valence-electron chi connectivity index (χ4n) is 8.79. The van der Waals surface area contributed by atoms with E-state index in [1.54, 1.807) is 0 Å². The first-order valence-electron chi connectivity index (χ1n) is 16.6. The van der Waals surface area contributed by atoms with Gasteiger partial charge in [-0.1, -0.05) is 50.3 Å². The van der Waals surface area contributed by atoms with E-state index in [9.17, 15) is 9.90 Å². The highest BCUT2D eigenvalue weighted by molar-refractivity contribution is 5.99. The van der Waals surface area contributed by atoms with Crippen molar-refractivity contribution in [2.75, 3.05) is 31.1 Å². The van der Waals surface area contributed by atoms with Gasteiger partial charge in [0, 0.05) is 54.4 Å². The fraction of sp³-hybridized carbons (Fsp3) is 0.583. The summed E-state index contributed by atoms with van der Waals surface area (Å²) < 4.78 is 2.49. The Morgan fingerprint density at radius 1 is 0.878 bits per heavy atom. The number of carbonyl (C=O) groups is 1. The standard InChI is InChI=1S/C36H47N3O2/c1-25-13-15-31-32(22-25)37(19-17-26-8-7-18-38(24-26)29-11-5-6-12-29)20-21-39-33-23-28(36(40)41)14-16-30(33)34(35(31)39)27-9-3-2-4-10-27/h13-16,22-23,26-27,29H,2-12,17-21,24H2,1H3,(H,40,41). The summed E-state index contributed by atoms with van der Waals surface area (Å²) in [4.78, 5) is 17.5. The van der Waals surface area contributed by atoms with Crippen LogP contribution in [0.5, 0.6) is 0 Å². The maximum absolute atomic E-state index is 12.0. The number of likely N-dealkylation sites (tertiary alicyclic amines) is 1. The molecule has 5 nitrogen and oxygen atoms in total. The lowest BCUT2D eigenvalue weighted by molar-refractivity contribution is 0.0697. The van der Waals surface area contributed by atoms with Gasteiger partial charge in [-0.2, -0.15) is 0 Å². The maximum atomic E-state index is 12.0. The predicted octanol–water partition coefficient (Wildman–Crippen LogP) is 8.23. The van der Waals surface area contributed by atoms with Crippen LogP contribution in [0.1, 0.15) is 104 Å². The van der Waals surface area contributed by atoms with Crippen molar-refractivity contribution in [3.05, 3.63) is 53.1 Å². The van der Waals surface area contributed by atoms with Gasteiger partial charge in [-0.25, -0.2) is 4.79 Å². The summed E-state index contributed by atoms with van der Waals surface area (Å²) in [6.07, 6.45) is 16.0. The molecule has 1 unspecified atom stereocenters. The topological polar surface area (TPSA) is 48.7 Å². The average Bonchev–Trinajstić information content (AvgIpc) is 3.61. The van der Waals surface area contributed by atoms with Crippen molar-refractivity contribution in [1.29, 1.82) is 0 Å². The second-order valence-electron chi connectivity index (χ2n) is 13.5. The Kier molecular flexibility index (Phi) is 7.57.